The van der Waals surface area contributed by atoms with E-state index in [-0.39, 0.29) is 41.7 Å². The lowest BCUT2D eigenvalue weighted by Crippen LogP contribution is -2.38. The number of alkyl carbamates (subject to hydrolysis) is 1. The van der Waals surface area contributed by atoms with Crippen LogP contribution in [0.1, 0.15) is 27.2 Å². The van der Waals surface area contributed by atoms with Gasteiger partial charge in [0.05, 0.1) is 17.5 Å². The highest BCUT2D eigenvalue weighted by molar-refractivity contribution is 14.1. The number of sulfone groups is 1. The minimum Gasteiger partial charge on any atom is -0.444 e. The lowest BCUT2D eigenvalue weighted by molar-refractivity contribution is -0.117. The number of hydrogen-bond acceptors (Lipinski definition) is 6. The van der Waals surface area contributed by atoms with Gasteiger partial charge >= 0.3 is 6.09 Å². The predicted molar refractivity (Wildman–Crippen MR) is 127 cm³/mol. The number of fused-ring (bicyclic) bond motifs is 1. The van der Waals surface area contributed by atoms with Crippen molar-refractivity contribution in [3.63, 3.8) is 0 Å². The number of anilines is 1. The van der Waals surface area contributed by atoms with Gasteiger partial charge in [-0.25, -0.2) is 13.2 Å². The van der Waals surface area contributed by atoms with E-state index in [9.17, 15) is 18.0 Å². The van der Waals surface area contributed by atoms with E-state index in [0.29, 0.717) is 5.17 Å². The summed E-state index contributed by atoms with van der Waals surface area (Å²) >= 11 is 3.52. The third-order valence-electron chi connectivity index (χ3n) is 4.38. The Hall–Kier alpha value is -1.34. The van der Waals surface area contributed by atoms with E-state index in [1.165, 1.54) is 11.8 Å². The monoisotopic (exact) mass is 565 g/mol. The highest BCUT2D eigenvalue weighted by atomic mass is 127. The maximum absolute atomic E-state index is 12.4. The molecule has 1 N–H and O–H groups in total. The summed E-state index contributed by atoms with van der Waals surface area (Å²) in [5, 5.41) is 2.89. The van der Waals surface area contributed by atoms with E-state index in [4.69, 9.17) is 4.74 Å². The molecule has 8 nitrogen and oxygen atoms in total. The summed E-state index contributed by atoms with van der Waals surface area (Å²) in [4.78, 5) is 30.2. The molecule has 2 saturated heterocycles. The van der Waals surface area contributed by atoms with Gasteiger partial charge in [-0.15, -0.1) is 0 Å². The number of hydrogen-bond donors (Lipinski definition) is 1. The second kappa shape index (κ2) is 9.03. The van der Waals surface area contributed by atoms with Crippen LogP contribution in [0.4, 0.5) is 10.5 Å². The predicted octanol–water partition coefficient (Wildman–Crippen LogP) is 2.81. The van der Waals surface area contributed by atoms with Gasteiger partial charge in [0.2, 0.25) is 5.91 Å². The molecule has 1 aromatic carbocycles. The van der Waals surface area contributed by atoms with E-state index in [1.54, 1.807) is 20.8 Å². The normalized spacial score (nSPS) is 24.0. The second-order valence-corrected chi connectivity index (χ2v) is 12.7. The molecule has 0 aromatic heterocycles. The lowest BCUT2D eigenvalue weighted by atomic mass is 10.2. The molecule has 0 aliphatic carbocycles. The summed E-state index contributed by atoms with van der Waals surface area (Å²) < 4.78 is 30.4. The van der Waals surface area contributed by atoms with Crippen LogP contribution in [-0.4, -0.2) is 60.5 Å². The summed E-state index contributed by atoms with van der Waals surface area (Å²) in [6.45, 7) is 5.39. The molecule has 3 rings (SSSR count). The van der Waals surface area contributed by atoms with Gasteiger partial charge in [-0.3, -0.25) is 4.79 Å². The van der Waals surface area contributed by atoms with E-state index in [0.717, 1.165) is 9.26 Å². The first-order chi connectivity index (χ1) is 13.9. The zero-order valence-corrected chi connectivity index (χ0v) is 20.7. The molecular weight excluding hydrogens is 541 g/mol. The number of amidine groups is 1. The Labute approximate surface area is 194 Å². The third kappa shape index (κ3) is 6.10. The highest BCUT2D eigenvalue weighted by Gasteiger charge is 2.49. The summed E-state index contributed by atoms with van der Waals surface area (Å²) in [5.74, 6) is -0.258. The van der Waals surface area contributed by atoms with Crippen LogP contribution in [0, 0.1) is 3.57 Å². The minimum atomic E-state index is -3.11. The molecule has 2 heterocycles. The van der Waals surface area contributed by atoms with E-state index in [2.05, 4.69) is 32.9 Å². The maximum Gasteiger partial charge on any atom is 0.407 e. The molecule has 2 amide bonds. The van der Waals surface area contributed by atoms with Crippen LogP contribution < -0.4 is 10.2 Å². The minimum absolute atomic E-state index is 0.0249. The van der Waals surface area contributed by atoms with Crippen LogP contribution >= 0.6 is 34.4 Å². The Morgan fingerprint density at radius 2 is 2.07 bits per heavy atom. The van der Waals surface area contributed by atoms with E-state index in [1.807, 2.05) is 29.2 Å². The Kier molecular flexibility index (Phi) is 7.02. The van der Waals surface area contributed by atoms with Crippen LogP contribution in [0.3, 0.4) is 0 Å². The molecule has 0 spiro atoms. The van der Waals surface area contributed by atoms with Crippen molar-refractivity contribution in [1.29, 1.82) is 0 Å². The fourth-order valence-electron chi connectivity index (χ4n) is 3.24. The van der Waals surface area contributed by atoms with Gasteiger partial charge in [-0.1, -0.05) is 17.8 Å². The van der Waals surface area contributed by atoms with Crippen molar-refractivity contribution < 1.29 is 22.7 Å². The Morgan fingerprint density at radius 1 is 1.33 bits per heavy atom. The van der Waals surface area contributed by atoms with Crippen molar-refractivity contribution >= 4 is 67.0 Å². The molecule has 0 saturated carbocycles. The second-order valence-electron chi connectivity index (χ2n) is 8.12. The Morgan fingerprint density at radius 3 is 2.73 bits per heavy atom. The zero-order chi connectivity index (χ0) is 22.1. The van der Waals surface area contributed by atoms with Crippen molar-refractivity contribution in [2.45, 2.75) is 44.1 Å². The number of amides is 2. The molecule has 0 radical (unpaired) electrons. The van der Waals surface area contributed by atoms with Crippen LogP contribution in [0.15, 0.2) is 29.3 Å². The smallest absolute Gasteiger partial charge is 0.407 e. The van der Waals surface area contributed by atoms with Crippen LogP contribution in [0.2, 0.25) is 0 Å². The topological polar surface area (TPSA) is 105 Å². The fourth-order valence-corrected chi connectivity index (χ4v) is 7.70. The summed E-state index contributed by atoms with van der Waals surface area (Å²) in [5.41, 5.74) is 0.207. The van der Waals surface area contributed by atoms with Gasteiger partial charge in [0.15, 0.2) is 15.0 Å². The quantitative estimate of drug-likeness (QED) is 0.560. The third-order valence-corrected chi connectivity index (χ3v) is 8.26. The van der Waals surface area contributed by atoms with Crippen LogP contribution in [-0.2, 0) is 19.4 Å². The number of carbonyl (C=O) groups excluding carboxylic acids is 2. The van der Waals surface area contributed by atoms with Crippen LogP contribution in [0.5, 0.6) is 0 Å². The molecule has 1 aromatic rings. The first-order valence-corrected chi connectivity index (χ1v) is 13.2. The van der Waals surface area contributed by atoms with Gasteiger partial charge in [0, 0.05) is 27.5 Å². The lowest BCUT2D eigenvalue weighted by Gasteiger charge is -2.24. The number of thioether (sulfide) groups is 1. The molecule has 164 valence electrons. The standard InChI is InChI=1S/C19H24IN3O5S2/c1-19(2,3)28-18(25)21-8-7-16(24)22-17-23(13-6-4-5-12(20)9-13)14-10-30(26,27)11-15(14)29-17/h4-6,9,14-15H,7-8,10-11H2,1-3H3,(H,21,25)/t14-,15+/m1/s1. The largest absolute Gasteiger partial charge is 0.444 e. The number of rotatable bonds is 4. The summed E-state index contributed by atoms with van der Waals surface area (Å²) in [6.07, 6.45) is -0.560. The van der Waals surface area contributed by atoms with Gasteiger partial charge in [-0.05, 0) is 61.6 Å². The van der Waals surface area contributed by atoms with Gasteiger partial charge in [0.25, 0.3) is 0 Å². The molecule has 2 aliphatic rings. The number of nitrogens with one attached hydrogen (secondary N) is 1. The van der Waals surface area contributed by atoms with Crippen molar-refractivity contribution in [3.8, 4) is 0 Å². The van der Waals surface area contributed by atoms with Gasteiger partial charge in [-0.2, -0.15) is 4.99 Å². The van der Waals surface area contributed by atoms with Crippen molar-refractivity contribution in [2.24, 2.45) is 4.99 Å². The number of nitrogens with zero attached hydrogens (tertiary/aromatic N) is 2. The molecule has 2 atom stereocenters. The van der Waals surface area contributed by atoms with E-state index >= 15 is 0 Å². The maximum atomic E-state index is 12.4. The Balaban J connectivity index is 1.71. The van der Waals surface area contributed by atoms with Crippen molar-refractivity contribution in [3.05, 3.63) is 27.8 Å². The molecule has 0 bridgehead atoms. The summed E-state index contributed by atoms with van der Waals surface area (Å²) in [7, 11) is -3.11. The number of carbonyl (C=O) groups is 2. The SMILES string of the molecule is CC(C)(C)OC(=O)NCCC(=O)N=C1S[C@H]2CS(=O)(=O)C[C@H]2N1c1cccc(I)c1. The van der Waals surface area contributed by atoms with Crippen molar-refractivity contribution in [1.82, 2.24) is 5.32 Å². The average Bonchev–Trinajstić information content (AvgIpc) is 3.03. The fraction of sp³-hybridized carbons (Fsp3) is 0.526. The summed E-state index contributed by atoms with van der Waals surface area (Å²) in [6, 6.07) is 7.42. The molecule has 11 heteroatoms. The molecule has 2 aliphatic heterocycles. The number of halogens is 1. The number of ether oxygens (including phenoxy) is 1. The molecular formula is C19H24IN3O5S2. The van der Waals surface area contributed by atoms with Gasteiger partial charge < -0.3 is 15.0 Å². The highest BCUT2D eigenvalue weighted by Crippen LogP contribution is 2.41. The Bertz CT molecular complexity index is 975. The van der Waals surface area contributed by atoms with Gasteiger partial charge in [0.1, 0.15) is 5.60 Å². The molecule has 0 unspecified atom stereocenters. The average molecular weight is 565 g/mol. The zero-order valence-electron chi connectivity index (χ0n) is 16.9. The number of aliphatic imine (C=N–C) groups is 1. The van der Waals surface area contributed by atoms with Crippen molar-refractivity contribution in [2.75, 3.05) is 23.0 Å². The number of benzene rings is 1. The first kappa shape index (κ1) is 23.3. The van der Waals surface area contributed by atoms with E-state index < -0.39 is 21.5 Å². The molecule has 30 heavy (non-hydrogen) atoms. The molecule has 2 fully saturated rings. The first-order valence-electron chi connectivity index (χ1n) is 9.44. The van der Waals surface area contributed by atoms with Crippen LogP contribution in [0.25, 0.3) is 0 Å².